The molecule has 10 heteroatoms. The van der Waals surface area contributed by atoms with E-state index in [1.807, 2.05) is 6.07 Å². The minimum atomic E-state index is -0.556. The lowest BCUT2D eigenvalue weighted by atomic mass is 10.2. The summed E-state index contributed by atoms with van der Waals surface area (Å²) < 4.78 is 0. The summed E-state index contributed by atoms with van der Waals surface area (Å²) >= 11 is 1.02. The van der Waals surface area contributed by atoms with Gasteiger partial charge in [-0.15, -0.1) is 11.3 Å². The molecule has 1 amide bonds. The second-order valence-electron chi connectivity index (χ2n) is 4.99. The molecule has 0 unspecified atom stereocenters. The first-order valence-corrected chi connectivity index (χ1v) is 7.66. The zero-order valence-corrected chi connectivity index (χ0v) is 13.3. The smallest absolute Gasteiger partial charge is 0.271 e. The summed E-state index contributed by atoms with van der Waals surface area (Å²) in [6.45, 7) is 0. The largest absolute Gasteiger partial charge is 0.397 e. The summed E-state index contributed by atoms with van der Waals surface area (Å²) in [6.07, 6.45) is 0. The van der Waals surface area contributed by atoms with Gasteiger partial charge in [0.05, 0.1) is 16.2 Å². The van der Waals surface area contributed by atoms with Crippen LogP contribution in [0.4, 0.5) is 22.9 Å². The van der Waals surface area contributed by atoms with Gasteiger partial charge in [0, 0.05) is 23.2 Å². The molecule has 0 aliphatic carbocycles. The maximum Gasteiger partial charge on any atom is 0.271 e. The maximum atomic E-state index is 12.5. The zero-order valence-electron chi connectivity index (χ0n) is 12.5. The van der Waals surface area contributed by atoms with Gasteiger partial charge in [-0.2, -0.15) is 5.26 Å². The number of benzene rings is 1. The number of non-ortho nitro benzene ring substituents is 1. The average molecular weight is 354 g/mol. The van der Waals surface area contributed by atoms with E-state index in [-0.39, 0.29) is 33.3 Å². The predicted molar refractivity (Wildman–Crippen MR) is 94.2 cm³/mol. The number of hydrogen-bond acceptors (Lipinski definition) is 8. The highest BCUT2D eigenvalue weighted by Crippen LogP contribution is 2.34. The predicted octanol–water partition coefficient (Wildman–Crippen LogP) is 2.49. The van der Waals surface area contributed by atoms with Gasteiger partial charge < -0.3 is 16.8 Å². The number of nitro benzene ring substituents is 1. The molecular weight excluding hydrogens is 344 g/mol. The number of amides is 1. The highest BCUT2D eigenvalue weighted by Gasteiger charge is 2.19. The fraction of sp³-hybridized carbons (Fsp3) is 0. The second kappa shape index (κ2) is 6.06. The van der Waals surface area contributed by atoms with Gasteiger partial charge in [0.25, 0.3) is 11.6 Å². The number of hydrogen-bond donors (Lipinski definition) is 3. The molecule has 0 fully saturated rings. The normalized spacial score (nSPS) is 10.4. The lowest BCUT2D eigenvalue weighted by Crippen LogP contribution is -2.12. The van der Waals surface area contributed by atoms with Crippen LogP contribution >= 0.6 is 11.3 Å². The van der Waals surface area contributed by atoms with E-state index in [0.717, 1.165) is 11.3 Å². The van der Waals surface area contributed by atoms with Gasteiger partial charge in [-0.1, -0.05) is 6.07 Å². The Morgan fingerprint density at radius 2 is 2.12 bits per heavy atom. The Morgan fingerprint density at radius 1 is 1.36 bits per heavy atom. The molecule has 0 bridgehead atoms. The second-order valence-corrected chi connectivity index (χ2v) is 5.99. The van der Waals surface area contributed by atoms with Crippen molar-refractivity contribution in [2.24, 2.45) is 0 Å². The van der Waals surface area contributed by atoms with Crippen LogP contribution in [-0.2, 0) is 0 Å². The van der Waals surface area contributed by atoms with Gasteiger partial charge in [-0.05, 0) is 12.1 Å². The zero-order chi connectivity index (χ0) is 18.1. The summed E-state index contributed by atoms with van der Waals surface area (Å²) in [7, 11) is 0. The van der Waals surface area contributed by atoms with E-state index in [4.69, 9.17) is 16.7 Å². The number of nitriles is 1. The monoisotopic (exact) mass is 354 g/mol. The molecule has 3 aromatic rings. The van der Waals surface area contributed by atoms with Gasteiger partial charge in [-0.3, -0.25) is 14.9 Å². The number of nitro groups is 1. The number of aromatic nitrogens is 1. The van der Waals surface area contributed by atoms with Crippen molar-refractivity contribution in [2.45, 2.75) is 0 Å². The van der Waals surface area contributed by atoms with Crippen LogP contribution in [0.5, 0.6) is 0 Å². The van der Waals surface area contributed by atoms with Gasteiger partial charge in [-0.25, -0.2) is 4.98 Å². The molecule has 9 nitrogen and oxygen atoms in total. The molecule has 25 heavy (non-hydrogen) atoms. The van der Waals surface area contributed by atoms with Crippen molar-refractivity contribution in [1.29, 1.82) is 5.26 Å². The Balaban J connectivity index is 1.98. The number of nitrogens with zero attached hydrogens (tertiary/aromatic N) is 3. The van der Waals surface area contributed by atoms with Crippen molar-refractivity contribution in [3.8, 4) is 6.07 Å². The molecule has 1 aromatic carbocycles. The van der Waals surface area contributed by atoms with Crippen LogP contribution in [0.25, 0.3) is 10.2 Å². The third-order valence-electron chi connectivity index (χ3n) is 3.39. The van der Waals surface area contributed by atoms with Crippen LogP contribution in [0, 0.1) is 21.4 Å². The number of thiophene rings is 1. The Kier molecular flexibility index (Phi) is 3.92. The van der Waals surface area contributed by atoms with Gasteiger partial charge in [0.2, 0.25) is 0 Å². The van der Waals surface area contributed by atoms with Crippen LogP contribution < -0.4 is 16.8 Å². The SMILES string of the molecule is N#Cc1cc2c(N)c(C(=O)Nc3cccc([N+](=O)[O-])c3)sc2nc1N. The topological polar surface area (TPSA) is 161 Å². The standard InChI is InChI=1S/C15H10N6O3S/c16-6-7-4-10-11(17)12(25-15(10)20-13(7)18)14(22)19-8-2-1-3-9(5-8)21(23)24/h1-5H,17H2,(H2,18,20)(H,19,22). The minimum absolute atomic E-state index is 0.0573. The van der Waals surface area contributed by atoms with Crippen molar-refractivity contribution in [3.05, 3.63) is 50.9 Å². The van der Waals surface area contributed by atoms with E-state index >= 15 is 0 Å². The highest BCUT2D eigenvalue weighted by molar-refractivity contribution is 7.21. The Bertz CT molecular complexity index is 1070. The number of carbonyl (C=O) groups excluding carboxylic acids is 1. The first kappa shape index (κ1) is 16.2. The first-order valence-electron chi connectivity index (χ1n) is 6.85. The van der Waals surface area contributed by atoms with Crippen LogP contribution in [-0.4, -0.2) is 15.8 Å². The molecule has 0 spiro atoms. The summed E-state index contributed by atoms with van der Waals surface area (Å²) in [6, 6.07) is 8.94. The van der Waals surface area contributed by atoms with Gasteiger partial charge in [0.1, 0.15) is 21.6 Å². The van der Waals surface area contributed by atoms with Crippen molar-refractivity contribution in [1.82, 2.24) is 4.98 Å². The van der Waals surface area contributed by atoms with E-state index in [0.29, 0.717) is 10.2 Å². The van der Waals surface area contributed by atoms with Crippen molar-refractivity contribution < 1.29 is 9.72 Å². The lowest BCUT2D eigenvalue weighted by Gasteiger charge is -2.04. The molecule has 0 aliphatic rings. The van der Waals surface area contributed by atoms with E-state index in [2.05, 4.69) is 10.3 Å². The van der Waals surface area contributed by atoms with E-state index in [9.17, 15) is 14.9 Å². The fourth-order valence-corrected chi connectivity index (χ4v) is 3.18. The number of nitrogens with one attached hydrogen (secondary N) is 1. The van der Waals surface area contributed by atoms with E-state index in [1.54, 1.807) is 0 Å². The number of carbonyl (C=O) groups is 1. The summed E-state index contributed by atoms with van der Waals surface area (Å²) in [4.78, 5) is 27.4. The highest BCUT2D eigenvalue weighted by atomic mass is 32.1. The molecule has 0 atom stereocenters. The third-order valence-corrected chi connectivity index (χ3v) is 4.51. The van der Waals surface area contributed by atoms with Gasteiger partial charge >= 0.3 is 0 Å². The molecule has 5 N–H and O–H groups in total. The van der Waals surface area contributed by atoms with Crippen LogP contribution in [0.3, 0.4) is 0 Å². The van der Waals surface area contributed by atoms with E-state index in [1.165, 1.54) is 30.3 Å². The molecule has 0 aliphatic heterocycles. The molecule has 2 aromatic heterocycles. The molecule has 0 saturated heterocycles. The average Bonchev–Trinajstić information content (AvgIpc) is 2.90. The molecule has 2 heterocycles. The first-order chi connectivity index (χ1) is 11.9. The van der Waals surface area contributed by atoms with Crippen molar-refractivity contribution in [3.63, 3.8) is 0 Å². The van der Waals surface area contributed by atoms with Crippen LogP contribution in [0.1, 0.15) is 15.2 Å². The summed E-state index contributed by atoms with van der Waals surface area (Å²) in [5.74, 6) is -0.472. The molecular formula is C15H10N6O3S. The Hall–Kier alpha value is -3.71. The van der Waals surface area contributed by atoms with Crippen molar-refractivity contribution in [2.75, 3.05) is 16.8 Å². The number of anilines is 3. The maximum absolute atomic E-state index is 12.5. The van der Waals surface area contributed by atoms with Crippen molar-refractivity contribution >= 4 is 50.3 Å². The number of pyridine rings is 1. The molecule has 124 valence electrons. The van der Waals surface area contributed by atoms with Crippen LogP contribution in [0.2, 0.25) is 0 Å². The molecule has 3 rings (SSSR count). The number of rotatable bonds is 3. The van der Waals surface area contributed by atoms with Crippen LogP contribution in [0.15, 0.2) is 30.3 Å². The minimum Gasteiger partial charge on any atom is -0.397 e. The number of nitrogen functional groups attached to an aromatic ring is 2. The fourth-order valence-electron chi connectivity index (χ4n) is 2.20. The number of nitrogens with two attached hydrogens (primary N) is 2. The quantitative estimate of drug-likeness (QED) is 0.480. The lowest BCUT2D eigenvalue weighted by molar-refractivity contribution is -0.384. The molecule has 0 saturated carbocycles. The Labute approximate surface area is 144 Å². The molecule has 0 radical (unpaired) electrons. The third kappa shape index (κ3) is 2.91. The van der Waals surface area contributed by atoms with E-state index < -0.39 is 10.8 Å². The summed E-state index contributed by atoms with van der Waals surface area (Å²) in [5.41, 5.74) is 12.1. The summed E-state index contributed by atoms with van der Waals surface area (Å²) in [5, 5.41) is 22.8. The Morgan fingerprint density at radius 3 is 2.80 bits per heavy atom. The van der Waals surface area contributed by atoms with Gasteiger partial charge in [0.15, 0.2) is 0 Å². The number of fused-ring (bicyclic) bond motifs is 1.